The molecule has 0 fully saturated rings. The van der Waals surface area contributed by atoms with E-state index in [1.807, 2.05) is 6.20 Å². The van der Waals surface area contributed by atoms with Gasteiger partial charge in [-0.25, -0.2) is 4.98 Å². The fourth-order valence-corrected chi connectivity index (χ4v) is 8.30. The van der Waals surface area contributed by atoms with Crippen molar-refractivity contribution in [1.82, 2.24) is 4.98 Å². The Labute approximate surface area is 270 Å². The summed E-state index contributed by atoms with van der Waals surface area (Å²) >= 11 is 1.75. The Morgan fingerprint density at radius 3 is 2.04 bits per heavy atom. The summed E-state index contributed by atoms with van der Waals surface area (Å²) in [6, 6.07) is 55.3. The van der Waals surface area contributed by atoms with Gasteiger partial charge in [0.05, 0.1) is 11.9 Å². The molecule has 1 aliphatic rings. The van der Waals surface area contributed by atoms with E-state index in [-0.39, 0.29) is 0 Å². The van der Waals surface area contributed by atoms with Gasteiger partial charge in [-0.1, -0.05) is 109 Å². The van der Waals surface area contributed by atoms with Crippen LogP contribution >= 0.6 is 11.3 Å². The smallest absolute Gasteiger partial charge is 0.124 e. The SMILES string of the molecule is c1ccc2c(c1)-c1cccc3cc(N(c4ccc(-c5ccc6ccccc6c5)cc4)c4cnc5sc6ccccc6c5c4)cc-2c13. The Balaban J connectivity index is 1.17. The zero-order chi connectivity index (χ0) is 30.2. The normalized spacial score (nSPS) is 11.9. The maximum atomic E-state index is 5.01. The second-order valence-corrected chi connectivity index (χ2v) is 13.1. The van der Waals surface area contributed by atoms with Gasteiger partial charge in [-0.05, 0) is 97.4 Å². The number of aromatic nitrogens is 1. The second kappa shape index (κ2) is 9.87. The van der Waals surface area contributed by atoms with Crippen LogP contribution in [0.5, 0.6) is 0 Å². The van der Waals surface area contributed by atoms with Crippen LogP contribution in [0.2, 0.25) is 0 Å². The van der Waals surface area contributed by atoms with Crippen molar-refractivity contribution in [2.75, 3.05) is 4.90 Å². The molecule has 0 atom stereocenters. The molecule has 0 radical (unpaired) electrons. The van der Waals surface area contributed by atoms with Gasteiger partial charge >= 0.3 is 0 Å². The summed E-state index contributed by atoms with van der Waals surface area (Å²) in [5, 5.41) is 7.52. The first kappa shape index (κ1) is 25.5. The van der Waals surface area contributed by atoms with Crippen molar-refractivity contribution in [3.8, 4) is 33.4 Å². The molecular weight excluding hydrogens is 577 g/mol. The number of anilines is 3. The molecule has 1 aliphatic carbocycles. The van der Waals surface area contributed by atoms with E-state index in [1.165, 1.54) is 70.4 Å². The topological polar surface area (TPSA) is 16.1 Å². The Hall–Kier alpha value is -5.77. The number of rotatable bonds is 4. The molecule has 3 heteroatoms. The molecule has 0 spiro atoms. The third-order valence-corrected chi connectivity index (χ3v) is 10.5. The van der Waals surface area contributed by atoms with Gasteiger partial charge in [-0.2, -0.15) is 0 Å². The lowest BCUT2D eigenvalue weighted by Gasteiger charge is -2.26. The summed E-state index contributed by atoms with van der Waals surface area (Å²) in [5.41, 5.74) is 10.9. The van der Waals surface area contributed by atoms with Crippen LogP contribution in [-0.2, 0) is 0 Å². The van der Waals surface area contributed by atoms with Gasteiger partial charge in [-0.15, -0.1) is 11.3 Å². The maximum absolute atomic E-state index is 5.01. The van der Waals surface area contributed by atoms with Gasteiger partial charge in [0.2, 0.25) is 0 Å². The molecule has 2 heterocycles. The van der Waals surface area contributed by atoms with E-state index >= 15 is 0 Å². The zero-order valence-corrected chi connectivity index (χ0v) is 25.6. The van der Waals surface area contributed by atoms with E-state index < -0.39 is 0 Å². The van der Waals surface area contributed by atoms with Crippen molar-refractivity contribution in [2.45, 2.75) is 0 Å². The van der Waals surface area contributed by atoms with Gasteiger partial charge in [0.1, 0.15) is 4.83 Å². The first-order valence-electron chi connectivity index (χ1n) is 15.6. The van der Waals surface area contributed by atoms with Gasteiger partial charge < -0.3 is 4.90 Å². The maximum Gasteiger partial charge on any atom is 0.124 e. The van der Waals surface area contributed by atoms with Crippen LogP contribution in [0.4, 0.5) is 17.1 Å². The van der Waals surface area contributed by atoms with Gasteiger partial charge in [0.15, 0.2) is 0 Å². The molecule has 2 nitrogen and oxygen atoms in total. The largest absolute Gasteiger partial charge is 0.309 e. The lowest BCUT2D eigenvalue weighted by molar-refractivity contribution is 1.27. The highest BCUT2D eigenvalue weighted by Crippen LogP contribution is 2.50. The predicted octanol–water partition coefficient (Wildman–Crippen LogP) is 12.5. The van der Waals surface area contributed by atoms with E-state index in [0.29, 0.717) is 0 Å². The Morgan fingerprint density at radius 1 is 0.435 bits per heavy atom. The van der Waals surface area contributed by atoms with Crippen molar-refractivity contribution >= 4 is 70.2 Å². The minimum absolute atomic E-state index is 1.04. The molecule has 10 rings (SSSR count). The zero-order valence-electron chi connectivity index (χ0n) is 24.8. The van der Waals surface area contributed by atoms with Crippen LogP contribution in [0.15, 0.2) is 158 Å². The van der Waals surface area contributed by atoms with Crippen molar-refractivity contribution in [3.05, 3.63) is 158 Å². The molecule has 0 aliphatic heterocycles. The number of hydrogen-bond acceptors (Lipinski definition) is 3. The van der Waals surface area contributed by atoms with Crippen LogP contribution in [-0.4, -0.2) is 4.98 Å². The molecule has 9 aromatic rings. The average molecular weight is 603 g/mol. The number of pyridine rings is 1. The van der Waals surface area contributed by atoms with E-state index in [2.05, 4.69) is 157 Å². The van der Waals surface area contributed by atoms with Crippen LogP contribution in [0, 0.1) is 0 Å². The number of thiophene rings is 1. The Bertz CT molecular complexity index is 2650. The van der Waals surface area contributed by atoms with Crippen LogP contribution in [0.1, 0.15) is 0 Å². The lowest BCUT2D eigenvalue weighted by atomic mass is 10.00. The molecule has 7 aromatic carbocycles. The van der Waals surface area contributed by atoms with Crippen molar-refractivity contribution in [1.29, 1.82) is 0 Å². The monoisotopic (exact) mass is 602 g/mol. The second-order valence-electron chi connectivity index (χ2n) is 12.0. The fraction of sp³-hybridized carbons (Fsp3) is 0. The number of hydrogen-bond donors (Lipinski definition) is 0. The van der Waals surface area contributed by atoms with Crippen LogP contribution < -0.4 is 4.90 Å². The Morgan fingerprint density at radius 2 is 1.15 bits per heavy atom. The highest BCUT2D eigenvalue weighted by Gasteiger charge is 2.24. The number of nitrogens with zero attached hydrogens (tertiary/aromatic N) is 2. The third kappa shape index (κ3) is 3.86. The summed E-state index contributed by atoms with van der Waals surface area (Å²) in [4.78, 5) is 8.44. The van der Waals surface area contributed by atoms with Gasteiger partial charge in [0, 0.05) is 26.8 Å². The first-order chi connectivity index (χ1) is 22.8. The van der Waals surface area contributed by atoms with Crippen molar-refractivity contribution < 1.29 is 0 Å². The van der Waals surface area contributed by atoms with Crippen LogP contribution in [0.25, 0.3) is 75.2 Å². The summed E-state index contributed by atoms with van der Waals surface area (Å²) in [6.07, 6.45) is 2.03. The first-order valence-corrected chi connectivity index (χ1v) is 16.4. The summed E-state index contributed by atoms with van der Waals surface area (Å²) in [7, 11) is 0. The molecule has 2 aromatic heterocycles. The molecule has 0 N–H and O–H groups in total. The molecule has 0 saturated carbocycles. The third-order valence-electron chi connectivity index (χ3n) is 9.41. The summed E-state index contributed by atoms with van der Waals surface area (Å²) in [6.45, 7) is 0. The summed E-state index contributed by atoms with van der Waals surface area (Å²) < 4.78 is 1.26. The average Bonchev–Trinajstić information content (AvgIpc) is 3.65. The molecule has 46 heavy (non-hydrogen) atoms. The van der Waals surface area contributed by atoms with Crippen LogP contribution in [0.3, 0.4) is 0 Å². The number of fused-ring (bicyclic) bond motifs is 7. The highest BCUT2D eigenvalue weighted by atomic mass is 32.1. The Kier molecular flexibility index (Phi) is 5.48. The van der Waals surface area contributed by atoms with Crippen molar-refractivity contribution in [3.63, 3.8) is 0 Å². The van der Waals surface area contributed by atoms with E-state index in [1.54, 1.807) is 11.3 Å². The van der Waals surface area contributed by atoms with E-state index in [9.17, 15) is 0 Å². The number of benzene rings is 7. The standard InChI is InChI=1S/C43H26N2S/c1-2-9-29-22-30(17-16-27(29)8-1)28-18-20-32(21-19-28)45(34-25-40-37-13-5-6-15-41(37)46-43(40)44-26-34)33-23-31-10-7-14-38-35-11-3-4-12-36(35)39(24-33)42(31)38/h1-26H. The lowest BCUT2D eigenvalue weighted by Crippen LogP contribution is -2.10. The quantitative estimate of drug-likeness (QED) is 0.199. The van der Waals surface area contributed by atoms with E-state index in [4.69, 9.17) is 4.98 Å². The molecular formula is C43H26N2S. The molecule has 0 bridgehead atoms. The molecule has 214 valence electrons. The van der Waals surface area contributed by atoms with Crippen molar-refractivity contribution in [2.24, 2.45) is 0 Å². The fourth-order valence-electron chi connectivity index (χ4n) is 7.27. The molecule has 0 saturated heterocycles. The summed E-state index contributed by atoms with van der Waals surface area (Å²) in [5.74, 6) is 0. The molecule has 0 amide bonds. The minimum Gasteiger partial charge on any atom is -0.309 e. The van der Waals surface area contributed by atoms with E-state index in [0.717, 1.165) is 21.9 Å². The van der Waals surface area contributed by atoms with Gasteiger partial charge in [0.25, 0.3) is 0 Å². The molecule has 0 unspecified atom stereocenters. The van der Waals surface area contributed by atoms with Gasteiger partial charge in [-0.3, -0.25) is 0 Å². The highest BCUT2D eigenvalue weighted by molar-refractivity contribution is 7.25. The predicted molar refractivity (Wildman–Crippen MR) is 197 cm³/mol. The minimum atomic E-state index is 1.04.